The SMILES string of the molecule is Cc1cc(OCC(=O)O[C@@H](C)c2nnc(-c3ccc(F)cc3)o2)ccc1Cl. The van der Waals surface area contributed by atoms with Crippen LogP contribution in [0.4, 0.5) is 4.39 Å². The first kappa shape index (κ1) is 18.8. The molecule has 0 aliphatic heterocycles. The number of esters is 1. The average Bonchev–Trinajstić information content (AvgIpc) is 3.13. The van der Waals surface area contributed by atoms with E-state index in [1.165, 1.54) is 24.3 Å². The van der Waals surface area contributed by atoms with Crippen LogP contribution in [0.25, 0.3) is 11.5 Å². The van der Waals surface area contributed by atoms with E-state index in [4.69, 9.17) is 25.5 Å². The highest BCUT2D eigenvalue weighted by Gasteiger charge is 2.19. The van der Waals surface area contributed by atoms with E-state index >= 15 is 0 Å². The van der Waals surface area contributed by atoms with E-state index in [1.807, 2.05) is 6.92 Å². The van der Waals surface area contributed by atoms with Gasteiger partial charge in [0, 0.05) is 10.6 Å². The lowest BCUT2D eigenvalue weighted by molar-refractivity contribution is -0.152. The van der Waals surface area contributed by atoms with Crippen molar-refractivity contribution in [2.75, 3.05) is 6.61 Å². The van der Waals surface area contributed by atoms with Crippen molar-refractivity contribution in [1.29, 1.82) is 0 Å². The maximum atomic E-state index is 13.0. The zero-order valence-electron chi connectivity index (χ0n) is 14.6. The molecule has 2 aromatic carbocycles. The molecule has 1 aromatic heterocycles. The summed E-state index contributed by atoms with van der Waals surface area (Å²) in [5.74, 6) is -0.100. The van der Waals surface area contributed by atoms with E-state index in [0.717, 1.165) is 5.56 Å². The Balaban J connectivity index is 1.56. The Bertz CT molecular complexity index is 943. The normalized spacial score (nSPS) is 11.9. The highest BCUT2D eigenvalue weighted by Crippen LogP contribution is 2.23. The predicted octanol–water partition coefficient (Wildman–Crippen LogP) is 4.52. The lowest BCUT2D eigenvalue weighted by atomic mass is 10.2. The second-order valence-corrected chi connectivity index (χ2v) is 6.19. The minimum absolute atomic E-state index is 0.130. The summed E-state index contributed by atoms with van der Waals surface area (Å²) in [6.07, 6.45) is -0.755. The number of carbonyl (C=O) groups is 1. The number of nitrogens with zero attached hydrogens (tertiary/aromatic N) is 2. The molecule has 0 saturated carbocycles. The van der Waals surface area contributed by atoms with Crippen LogP contribution >= 0.6 is 11.6 Å². The van der Waals surface area contributed by atoms with E-state index in [1.54, 1.807) is 25.1 Å². The van der Waals surface area contributed by atoms with Crippen molar-refractivity contribution in [3.63, 3.8) is 0 Å². The van der Waals surface area contributed by atoms with Crippen molar-refractivity contribution in [2.45, 2.75) is 20.0 Å². The fourth-order valence-electron chi connectivity index (χ4n) is 2.24. The quantitative estimate of drug-likeness (QED) is 0.576. The van der Waals surface area contributed by atoms with Crippen LogP contribution in [0.5, 0.6) is 5.75 Å². The summed E-state index contributed by atoms with van der Waals surface area (Å²) in [6, 6.07) is 10.7. The summed E-state index contributed by atoms with van der Waals surface area (Å²) >= 11 is 5.94. The van der Waals surface area contributed by atoms with Crippen LogP contribution in [0.15, 0.2) is 46.9 Å². The standard InChI is InChI=1S/C19H16ClFN2O4/c1-11-9-15(7-8-16(11)20)25-10-17(24)26-12(2)18-22-23-19(27-18)13-3-5-14(21)6-4-13/h3-9,12H,10H2,1-2H3/t12-/m0/s1. The van der Waals surface area contributed by atoms with Gasteiger partial charge in [-0.05, 0) is 61.9 Å². The third kappa shape index (κ3) is 4.83. The van der Waals surface area contributed by atoms with Gasteiger partial charge in [-0.25, -0.2) is 9.18 Å². The molecule has 0 aliphatic carbocycles. The Hall–Kier alpha value is -2.93. The molecule has 1 atom stereocenters. The van der Waals surface area contributed by atoms with Gasteiger partial charge in [0.15, 0.2) is 12.7 Å². The van der Waals surface area contributed by atoms with Crippen LogP contribution in [0.2, 0.25) is 5.02 Å². The Morgan fingerprint density at radius 2 is 1.96 bits per heavy atom. The Morgan fingerprint density at radius 3 is 2.67 bits per heavy atom. The Labute approximate surface area is 159 Å². The second kappa shape index (κ2) is 8.18. The van der Waals surface area contributed by atoms with Crippen molar-refractivity contribution in [3.8, 4) is 17.2 Å². The summed E-state index contributed by atoms with van der Waals surface area (Å²) in [5.41, 5.74) is 1.41. The number of ether oxygens (including phenoxy) is 2. The lowest BCUT2D eigenvalue weighted by Crippen LogP contribution is -2.17. The third-order valence-electron chi connectivity index (χ3n) is 3.67. The molecule has 6 nitrogen and oxygen atoms in total. The number of carbonyl (C=O) groups excluding carboxylic acids is 1. The molecular formula is C19H16ClFN2O4. The summed E-state index contributed by atoms with van der Waals surface area (Å²) in [7, 11) is 0. The van der Waals surface area contributed by atoms with Crippen molar-refractivity contribution in [2.24, 2.45) is 0 Å². The van der Waals surface area contributed by atoms with Gasteiger partial charge < -0.3 is 13.9 Å². The summed E-state index contributed by atoms with van der Waals surface area (Å²) in [6.45, 7) is 3.17. The molecule has 0 saturated heterocycles. The van der Waals surface area contributed by atoms with Crippen LogP contribution in [0.3, 0.4) is 0 Å². The molecule has 0 amide bonds. The summed E-state index contributed by atoms with van der Waals surface area (Å²) < 4.78 is 29.1. The van der Waals surface area contributed by atoms with Gasteiger partial charge in [0.2, 0.25) is 5.89 Å². The first-order valence-electron chi connectivity index (χ1n) is 8.10. The number of hydrogen-bond acceptors (Lipinski definition) is 6. The predicted molar refractivity (Wildman–Crippen MR) is 95.9 cm³/mol. The molecule has 0 N–H and O–H groups in total. The zero-order valence-corrected chi connectivity index (χ0v) is 15.4. The molecule has 0 spiro atoms. The molecule has 8 heteroatoms. The van der Waals surface area contributed by atoms with Crippen molar-refractivity contribution in [1.82, 2.24) is 10.2 Å². The smallest absolute Gasteiger partial charge is 0.344 e. The number of halogens is 2. The molecule has 27 heavy (non-hydrogen) atoms. The number of hydrogen-bond donors (Lipinski definition) is 0. The van der Waals surface area contributed by atoms with Gasteiger partial charge in [-0.2, -0.15) is 0 Å². The van der Waals surface area contributed by atoms with E-state index in [0.29, 0.717) is 16.3 Å². The number of aryl methyl sites for hydroxylation is 1. The molecule has 1 heterocycles. The second-order valence-electron chi connectivity index (χ2n) is 5.78. The van der Waals surface area contributed by atoms with Crippen LogP contribution < -0.4 is 4.74 Å². The molecule has 0 fully saturated rings. The van der Waals surface area contributed by atoms with Crippen molar-refractivity contribution >= 4 is 17.6 Å². The topological polar surface area (TPSA) is 74.5 Å². The van der Waals surface area contributed by atoms with E-state index < -0.39 is 12.1 Å². The van der Waals surface area contributed by atoms with E-state index in [9.17, 15) is 9.18 Å². The molecular weight excluding hydrogens is 375 g/mol. The highest BCUT2D eigenvalue weighted by atomic mass is 35.5. The van der Waals surface area contributed by atoms with Crippen LogP contribution in [0, 0.1) is 12.7 Å². The number of aromatic nitrogens is 2. The van der Waals surface area contributed by atoms with Gasteiger partial charge >= 0.3 is 5.97 Å². The highest BCUT2D eigenvalue weighted by molar-refractivity contribution is 6.31. The molecule has 0 aliphatic rings. The molecule has 0 radical (unpaired) electrons. The van der Waals surface area contributed by atoms with Gasteiger partial charge in [-0.3, -0.25) is 0 Å². The Morgan fingerprint density at radius 1 is 1.22 bits per heavy atom. The molecule has 3 aromatic rings. The van der Waals surface area contributed by atoms with Gasteiger partial charge in [-0.1, -0.05) is 11.6 Å². The van der Waals surface area contributed by atoms with Crippen molar-refractivity contribution in [3.05, 3.63) is 64.8 Å². The van der Waals surface area contributed by atoms with Crippen LogP contribution in [0.1, 0.15) is 24.5 Å². The number of rotatable bonds is 6. The Kier molecular flexibility index (Phi) is 5.71. The van der Waals surface area contributed by atoms with Gasteiger partial charge in [0.05, 0.1) is 0 Å². The van der Waals surface area contributed by atoms with Crippen LogP contribution in [-0.2, 0) is 9.53 Å². The van der Waals surface area contributed by atoms with Crippen LogP contribution in [-0.4, -0.2) is 22.8 Å². The average molecular weight is 391 g/mol. The fourth-order valence-corrected chi connectivity index (χ4v) is 2.36. The number of benzene rings is 2. The first-order valence-corrected chi connectivity index (χ1v) is 8.48. The van der Waals surface area contributed by atoms with Gasteiger partial charge in [0.25, 0.3) is 5.89 Å². The largest absolute Gasteiger partial charge is 0.482 e. The summed E-state index contributed by atoms with van der Waals surface area (Å²) in [5, 5.41) is 8.36. The van der Waals surface area contributed by atoms with E-state index in [2.05, 4.69) is 10.2 Å². The monoisotopic (exact) mass is 390 g/mol. The maximum Gasteiger partial charge on any atom is 0.344 e. The summed E-state index contributed by atoms with van der Waals surface area (Å²) in [4.78, 5) is 12.0. The maximum absolute atomic E-state index is 13.0. The fraction of sp³-hybridized carbons (Fsp3) is 0.211. The molecule has 3 rings (SSSR count). The van der Waals surface area contributed by atoms with E-state index in [-0.39, 0.29) is 24.2 Å². The zero-order chi connectivity index (χ0) is 19.4. The molecule has 140 valence electrons. The lowest BCUT2D eigenvalue weighted by Gasteiger charge is -2.11. The third-order valence-corrected chi connectivity index (χ3v) is 4.10. The van der Waals surface area contributed by atoms with Crippen molar-refractivity contribution < 1.29 is 23.1 Å². The van der Waals surface area contributed by atoms with Gasteiger partial charge in [0.1, 0.15) is 11.6 Å². The minimum Gasteiger partial charge on any atom is -0.482 e. The molecule has 0 bridgehead atoms. The first-order chi connectivity index (χ1) is 12.9. The minimum atomic E-state index is -0.755. The van der Waals surface area contributed by atoms with Gasteiger partial charge in [-0.15, -0.1) is 10.2 Å². The molecule has 0 unspecified atom stereocenters.